The van der Waals surface area contributed by atoms with Gasteiger partial charge in [0.15, 0.2) is 11.3 Å². The van der Waals surface area contributed by atoms with Gasteiger partial charge in [0.2, 0.25) is 0 Å². The number of rotatable bonds is 22. The van der Waals surface area contributed by atoms with Gasteiger partial charge in [-0.15, -0.1) is 10.2 Å². The van der Waals surface area contributed by atoms with E-state index in [1.807, 2.05) is 24.3 Å². The van der Waals surface area contributed by atoms with Crippen LogP contribution in [0.3, 0.4) is 0 Å². The van der Waals surface area contributed by atoms with Crippen molar-refractivity contribution in [1.29, 1.82) is 0 Å². The van der Waals surface area contributed by atoms with E-state index in [2.05, 4.69) is 20.6 Å². The topological polar surface area (TPSA) is 185 Å². The summed E-state index contributed by atoms with van der Waals surface area (Å²) in [5.74, 6) is -1.36. The maximum Gasteiger partial charge on any atom is 0.345 e. The highest BCUT2D eigenvalue weighted by atomic mass is 31.2. The average Bonchev–Trinajstić information content (AvgIpc) is 3.69. The monoisotopic (exact) mass is 712 g/mol. The molecule has 0 aliphatic rings. The predicted octanol–water partition coefficient (Wildman–Crippen LogP) is 4.45. The van der Waals surface area contributed by atoms with Crippen LogP contribution in [0, 0.1) is 0 Å². The van der Waals surface area contributed by atoms with Gasteiger partial charge in [-0.1, -0.05) is 34.7 Å². The molecule has 0 radical (unpaired) electrons. The lowest BCUT2D eigenvalue weighted by atomic mass is 10.1. The summed E-state index contributed by atoms with van der Waals surface area (Å²) >= 11 is 0. The fourth-order valence-corrected chi connectivity index (χ4v) is 8.61. The van der Waals surface area contributed by atoms with Crippen LogP contribution >= 0.6 is 15.2 Å². The smallest absolute Gasteiger partial charge is 0.345 e. The first-order valence-corrected chi connectivity index (χ1v) is 19.2. The molecular formula is C30H46N6O10P2. The van der Waals surface area contributed by atoms with E-state index in [0.29, 0.717) is 24.5 Å². The second-order valence-corrected chi connectivity index (χ2v) is 14.8. The second-order valence-electron chi connectivity index (χ2n) is 10.3. The highest BCUT2D eigenvalue weighted by Gasteiger charge is 2.44. The van der Waals surface area contributed by atoms with E-state index < -0.39 is 38.4 Å². The number of hydrogen-bond donors (Lipinski definition) is 0. The van der Waals surface area contributed by atoms with Gasteiger partial charge in [0.1, 0.15) is 0 Å². The van der Waals surface area contributed by atoms with Crippen molar-refractivity contribution >= 4 is 27.1 Å². The van der Waals surface area contributed by atoms with E-state index in [9.17, 15) is 18.7 Å². The van der Waals surface area contributed by atoms with Crippen LogP contribution in [0.2, 0.25) is 0 Å². The van der Waals surface area contributed by atoms with Gasteiger partial charge in [-0.3, -0.25) is 18.7 Å². The van der Waals surface area contributed by atoms with Crippen LogP contribution in [-0.4, -0.2) is 92.9 Å². The number of benzene rings is 1. The van der Waals surface area contributed by atoms with Crippen LogP contribution in [0.5, 0.6) is 0 Å². The molecule has 48 heavy (non-hydrogen) atoms. The zero-order valence-corrected chi connectivity index (χ0v) is 30.1. The predicted molar refractivity (Wildman–Crippen MR) is 175 cm³/mol. The van der Waals surface area contributed by atoms with Crippen LogP contribution in [0.4, 0.5) is 0 Å². The quantitative estimate of drug-likeness (QED) is 0.105. The second kappa shape index (κ2) is 19.1. The number of esters is 2. The molecule has 16 nitrogen and oxygen atoms in total. The summed E-state index contributed by atoms with van der Waals surface area (Å²) in [4.78, 5) is 25.5. The van der Waals surface area contributed by atoms with Crippen molar-refractivity contribution in [2.75, 3.05) is 39.6 Å². The summed E-state index contributed by atoms with van der Waals surface area (Å²) in [6, 6.07) is 7.74. The summed E-state index contributed by atoms with van der Waals surface area (Å²) in [5, 5.41) is 16.7. The average molecular weight is 713 g/mol. The van der Waals surface area contributed by atoms with Gasteiger partial charge in [0.25, 0.3) is 0 Å². The molecule has 2 unspecified atom stereocenters. The largest absolute Gasteiger partial charge is 0.465 e. The van der Waals surface area contributed by atoms with Gasteiger partial charge < -0.3 is 27.6 Å². The van der Waals surface area contributed by atoms with Crippen LogP contribution in [0.25, 0.3) is 0 Å². The number of ether oxygens (including phenoxy) is 2. The van der Waals surface area contributed by atoms with Crippen molar-refractivity contribution in [2.24, 2.45) is 0 Å². The molecule has 0 bridgehead atoms. The Bertz CT molecular complexity index is 1410. The molecule has 0 fully saturated rings. The molecule has 2 aromatic heterocycles. The van der Waals surface area contributed by atoms with Gasteiger partial charge in [-0.05, 0) is 52.7 Å². The molecule has 0 aliphatic carbocycles. The van der Waals surface area contributed by atoms with E-state index in [1.54, 1.807) is 63.3 Å². The molecule has 0 spiro atoms. The Kier molecular flexibility index (Phi) is 15.6. The Morgan fingerprint density at radius 3 is 1.23 bits per heavy atom. The van der Waals surface area contributed by atoms with E-state index in [-0.39, 0.29) is 52.5 Å². The third-order valence-corrected chi connectivity index (χ3v) is 11.6. The number of carbonyl (C=O) groups excluding carboxylic acids is 2. The molecule has 0 N–H and O–H groups in total. The summed E-state index contributed by atoms with van der Waals surface area (Å²) in [6.07, 6.45) is 3.31. The molecule has 2 heterocycles. The third kappa shape index (κ3) is 10.9. The Balaban J connectivity index is 1.67. The van der Waals surface area contributed by atoms with Gasteiger partial charge in [0, 0.05) is 25.2 Å². The van der Waals surface area contributed by atoms with E-state index >= 15 is 0 Å². The SMILES string of the molecule is CCOC(=O)C(Cc1cn(Cc2ccc(Cn3cc(CC(C(=O)OCC)P(=O)(OCC)OCC)nn3)cc2)nn1)P(=O)(OCC)OCC. The van der Waals surface area contributed by atoms with Crippen LogP contribution in [0.1, 0.15) is 64.1 Å². The van der Waals surface area contributed by atoms with Crippen molar-refractivity contribution in [1.82, 2.24) is 30.0 Å². The van der Waals surface area contributed by atoms with E-state index in [1.165, 1.54) is 0 Å². The molecule has 18 heteroatoms. The van der Waals surface area contributed by atoms with E-state index in [0.717, 1.165) is 11.1 Å². The number of hydrogen-bond acceptors (Lipinski definition) is 14. The molecule has 2 atom stereocenters. The summed E-state index contributed by atoms with van der Waals surface area (Å²) in [7, 11) is -7.61. The fraction of sp³-hybridized carbons (Fsp3) is 0.600. The maximum absolute atomic E-state index is 13.4. The zero-order valence-electron chi connectivity index (χ0n) is 28.4. The van der Waals surface area contributed by atoms with Gasteiger partial charge in [-0.25, -0.2) is 9.36 Å². The fourth-order valence-electron chi connectivity index (χ4n) is 4.82. The molecule has 1 aromatic carbocycles. The van der Waals surface area contributed by atoms with Crippen molar-refractivity contribution in [3.63, 3.8) is 0 Å². The Labute approximate surface area is 280 Å². The molecule has 0 aliphatic heterocycles. The van der Waals surface area contributed by atoms with Gasteiger partial charge >= 0.3 is 27.1 Å². The van der Waals surface area contributed by atoms with Crippen LogP contribution in [-0.2, 0) is 72.2 Å². The number of aromatic nitrogens is 6. The normalized spacial score (nSPS) is 13.3. The minimum Gasteiger partial charge on any atom is -0.465 e. The molecular weight excluding hydrogens is 666 g/mol. The summed E-state index contributed by atoms with van der Waals surface area (Å²) in [5.41, 5.74) is 0.407. The van der Waals surface area contributed by atoms with Crippen molar-refractivity contribution in [2.45, 2.75) is 78.8 Å². The van der Waals surface area contributed by atoms with Gasteiger partial charge in [0.05, 0.1) is 64.1 Å². The number of nitrogens with zero attached hydrogens (tertiary/aromatic N) is 6. The molecule has 3 aromatic rings. The van der Waals surface area contributed by atoms with Gasteiger partial charge in [-0.2, -0.15) is 0 Å². The molecule has 266 valence electrons. The van der Waals surface area contributed by atoms with Crippen molar-refractivity contribution < 1.29 is 46.3 Å². The molecule has 0 amide bonds. The van der Waals surface area contributed by atoms with Crippen LogP contribution in [0.15, 0.2) is 36.7 Å². The molecule has 0 saturated carbocycles. The minimum absolute atomic E-state index is 0.0235. The first-order valence-electron chi connectivity index (χ1n) is 16.0. The lowest BCUT2D eigenvalue weighted by molar-refractivity contribution is -0.144. The Hall–Kier alpha value is -3.26. The first kappa shape index (κ1) is 39.2. The first-order chi connectivity index (χ1) is 23.0. The summed E-state index contributed by atoms with van der Waals surface area (Å²) < 4.78 is 62.1. The number of carbonyl (C=O) groups is 2. The molecule has 0 saturated heterocycles. The maximum atomic E-state index is 13.4. The minimum atomic E-state index is -3.81. The lowest BCUT2D eigenvalue weighted by Crippen LogP contribution is -2.28. The van der Waals surface area contributed by atoms with Crippen molar-refractivity contribution in [3.8, 4) is 0 Å². The van der Waals surface area contributed by atoms with Crippen LogP contribution < -0.4 is 0 Å². The lowest BCUT2D eigenvalue weighted by Gasteiger charge is -2.24. The third-order valence-electron chi connectivity index (χ3n) is 6.81. The Morgan fingerprint density at radius 2 is 0.938 bits per heavy atom. The molecule has 3 rings (SSSR count). The highest BCUT2D eigenvalue weighted by Crippen LogP contribution is 2.55. The highest BCUT2D eigenvalue weighted by molar-refractivity contribution is 7.56. The Morgan fingerprint density at radius 1 is 0.604 bits per heavy atom. The summed E-state index contributed by atoms with van der Waals surface area (Å²) in [6.45, 7) is 11.5. The zero-order chi connectivity index (χ0) is 35.2. The van der Waals surface area contributed by atoms with Crippen molar-refractivity contribution in [3.05, 3.63) is 59.2 Å². The van der Waals surface area contributed by atoms with E-state index in [4.69, 9.17) is 27.6 Å². The standard InChI is InChI=1S/C30H46N6O10P2/c1-7-41-29(37)27(47(39,43-9-3)44-10-4)17-25-21-35(33-31-25)19-23-13-15-24(16-14-23)20-36-22-26(32-34-36)18-28(30(38)42-8-2)48(40,45-11-5)46-12-6/h13-16,21-22,27-28H,7-12,17-20H2,1-6H3.